The molecule has 0 unspecified atom stereocenters. The molecule has 0 aromatic heterocycles. The van der Waals surface area contributed by atoms with Crippen molar-refractivity contribution in [1.29, 1.82) is 0 Å². The highest BCUT2D eigenvalue weighted by atomic mass is 35.5. The largest absolute Gasteiger partial charge is 0.487 e. The molecule has 0 aliphatic rings. The third kappa shape index (κ3) is 3.71. The van der Waals surface area contributed by atoms with E-state index < -0.39 is 10.2 Å². The summed E-state index contributed by atoms with van der Waals surface area (Å²) in [4.78, 5) is 21.1. The fourth-order valence-electron chi connectivity index (χ4n) is 1.23. The highest BCUT2D eigenvalue weighted by Gasteiger charge is 2.17. The smallest absolute Gasteiger partial charge is 0.310 e. The normalized spacial score (nSPS) is 10.0. The number of nitrogens with zero attached hydrogens (tertiary/aromatic N) is 1. The molecule has 1 rings (SSSR count). The van der Waals surface area contributed by atoms with Crippen LogP contribution < -0.4 is 4.74 Å². The van der Waals surface area contributed by atoms with Crippen LogP contribution in [0.5, 0.6) is 5.75 Å². The van der Waals surface area contributed by atoms with Gasteiger partial charge in [0.2, 0.25) is 0 Å². The van der Waals surface area contributed by atoms with Crippen LogP contribution in [0.15, 0.2) is 18.2 Å². The van der Waals surface area contributed by atoms with Crippen molar-refractivity contribution in [1.82, 2.24) is 0 Å². The molecule has 0 fully saturated rings. The molecular weight excluding hydrogens is 246 g/mol. The van der Waals surface area contributed by atoms with Crippen molar-refractivity contribution >= 4 is 22.5 Å². The molecule has 0 saturated heterocycles. The first-order valence-corrected chi connectivity index (χ1v) is 5.55. The minimum Gasteiger partial charge on any atom is -0.487 e. The van der Waals surface area contributed by atoms with Crippen LogP contribution >= 0.6 is 11.6 Å². The molecule has 6 heteroatoms. The third-order valence-corrected chi connectivity index (χ3v) is 2.36. The molecule has 0 bridgehead atoms. The lowest BCUT2D eigenvalue weighted by atomic mass is 10.2. The van der Waals surface area contributed by atoms with Crippen LogP contribution in [-0.4, -0.2) is 16.8 Å². The monoisotopic (exact) mass is 257 g/mol. The Balaban J connectivity index is 2.98. The molecule has 0 aliphatic heterocycles. The molecule has 0 aliphatic carbocycles. The highest BCUT2D eigenvalue weighted by molar-refractivity contribution is 6.67. The zero-order chi connectivity index (χ0) is 12.8. The summed E-state index contributed by atoms with van der Waals surface area (Å²) in [5.74, 6) is 0.0787. The van der Waals surface area contributed by atoms with Crippen molar-refractivity contribution in [2.24, 2.45) is 0 Å². The molecule has 1 aromatic carbocycles. The maximum Gasteiger partial charge on any atom is 0.310 e. The van der Waals surface area contributed by atoms with E-state index in [9.17, 15) is 14.9 Å². The lowest BCUT2D eigenvalue weighted by Gasteiger charge is -2.06. The van der Waals surface area contributed by atoms with Gasteiger partial charge in [-0.25, -0.2) is 0 Å². The van der Waals surface area contributed by atoms with Gasteiger partial charge in [-0.2, -0.15) is 0 Å². The quantitative estimate of drug-likeness (QED) is 0.340. The molecule has 0 radical (unpaired) electrons. The fraction of sp³-hybridized carbons (Fsp3) is 0.364. The predicted molar refractivity (Wildman–Crippen MR) is 63.7 cm³/mol. The van der Waals surface area contributed by atoms with Gasteiger partial charge in [0, 0.05) is 11.6 Å². The molecule has 0 atom stereocenters. The van der Waals surface area contributed by atoms with Crippen molar-refractivity contribution in [3.63, 3.8) is 0 Å². The minimum atomic E-state index is -0.666. The molecule has 0 saturated carbocycles. The first kappa shape index (κ1) is 13.4. The standard InChI is InChI=1S/C11H12ClNO4/c1-2-3-6-17-10-7-8(11(12)14)4-5-9(10)13(15)16/h4-5,7H,2-3,6H2,1H3. The number of benzene rings is 1. The number of hydrogen-bond acceptors (Lipinski definition) is 4. The van der Waals surface area contributed by atoms with E-state index in [4.69, 9.17) is 16.3 Å². The Morgan fingerprint density at radius 3 is 2.76 bits per heavy atom. The summed E-state index contributed by atoms with van der Waals surface area (Å²) in [7, 11) is 0. The number of nitro benzene ring substituents is 1. The predicted octanol–water partition coefficient (Wildman–Crippen LogP) is 3.15. The van der Waals surface area contributed by atoms with E-state index in [1.54, 1.807) is 0 Å². The van der Waals surface area contributed by atoms with E-state index in [1.165, 1.54) is 18.2 Å². The lowest BCUT2D eigenvalue weighted by Crippen LogP contribution is -2.01. The van der Waals surface area contributed by atoms with Gasteiger partial charge in [0.25, 0.3) is 5.24 Å². The molecule has 0 N–H and O–H groups in total. The van der Waals surface area contributed by atoms with E-state index >= 15 is 0 Å². The summed E-state index contributed by atoms with van der Waals surface area (Å²) in [6.45, 7) is 2.35. The van der Waals surface area contributed by atoms with E-state index in [0.29, 0.717) is 6.61 Å². The Bertz CT molecular complexity index is 433. The third-order valence-electron chi connectivity index (χ3n) is 2.14. The highest BCUT2D eigenvalue weighted by Crippen LogP contribution is 2.28. The van der Waals surface area contributed by atoms with E-state index in [2.05, 4.69) is 0 Å². The van der Waals surface area contributed by atoms with Crippen molar-refractivity contribution in [2.45, 2.75) is 19.8 Å². The van der Waals surface area contributed by atoms with Crippen LogP contribution in [0.25, 0.3) is 0 Å². The Labute approximate surface area is 103 Å². The molecule has 0 amide bonds. The Morgan fingerprint density at radius 1 is 1.53 bits per heavy atom. The van der Waals surface area contributed by atoms with Gasteiger partial charge in [0.15, 0.2) is 5.75 Å². The second-order valence-corrected chi connectivity index (χ2v) is 3.76. The van der Waals surface area contributed by atoms with Gasteiger partial charge in [-0.05, 0) is 30.2 Å². The van der Waals surface area contributed by atoms with Crippen LogP contribution in [0.1, 0.15) is 30.1 Å². The Morgan fingerprint density at radius 2 is 2.24 bits per heavy atom. The Kier molecular flexibility index (Phi) is 4.90. The average Bonchev–Trinajstić information content (AvgIpc) is 2.28. The first-order valence-electron chi connectivity index (χ1n) is 5.17. The van der Waals surface area contributed by atoms with Crippen molar-refractivity contribution in [3.05, 3.63) is 33.9 Å². The summed E-state index contributed by atoms with van der Waals surface area (Å²) < 4.78 is 5.28. The van der Waals surface area contributed by atoms with Gasteiger partial charge >= 0.3 is 5.69 Å². The molecule has 1 aromatic rings. The number of ether oxygens (including phenoxy) is 1. The van der Waals surface area contributed by atoms with E-state index in [-0.39, 0.29) is 17.0 Å². The molecule has 92 valence electrons. The first-order chi connectivity index (χ1) is 8.06. The van der Waals surface area contributed by atoms with Crippen LogP contribution in [0.2, 0.25) is 0 Å². The minimum absolute atomic E-state index is 0.0787. The average molecular weight is 258 g/mol. The molecular formula is C11H12ClNO4. The molecule has 17 heavy (non-hydrogen) atoms. The van der Waals surface area contributed by atoms with Gasteiger partial charge in [0.1, 0.15) is 0 Å². The lowest BCUT2D eigenvalue weighted by molar-refractivity contribution is -0.385. The van der Waals surface area contributed by atoms with Crippen molar-refractivity contribution in [2.75, 3.05) is 6.61 Å². The molecule has 0 heterocycles. The zero-order valence-corrected chi connectivity index (χ0v) is 10.1. The van der Waals surface area contributed by atoms with Crippen LogP contribution in [0.3, 0.4) is 0 Å². The van der Waals surface area contributed by atoms with Crippen LogP contribution in [-0.2, 0) is 0 Å². The maximum atomic E-state index is 10.9. The van der Waals surface area contributed by atoms with E-state index in [0.717, 1.165) is 12.8 Å². The summed E-state index contributed by atoms with van der Waals surface area (Å²) in [6.07, 6.45) is 1.71. The van der Waals surface area contributed by atoms with Gasteiger partial charge in [0.05, 0.1) is 11.5 Å². The van der Waals surface area contributed by atoms with Crippen molar-refractivity contribution < 1.29 is 14.5 Å². The SMILES string of the molecule is CCCCOc1cc(C(=O)Cl)ccc1[N+](=O)[O-]. The van der Waals surface area contributed by atoms with Crippen LogP contribution in [0.4, 0.5) is 5.69 Å². The number of nitro groups is 1. The second kappa shape index (κ2) is 6.20. The summed E-state index contributed by atoms with van der Waals surface area (Å²) >= 11 is 5.30. The van der Waals surface area contributed by atoms with Crippen LogP contribution in [0, 0.1) is 10.1 Å². The zero-order valence-electron chi connectivity index (χ0n) is 9.31. The summed E-state index contributed by atoms with van der Waals surface area (Å²) in [5.41, 5.74) is 0.0199. The summed E-state index contributed by atoms with van der Waals surface area (Å²) in [5, 5.41) is 10.1. The number of halogens is 1. The maximum absolute atomic E-state index is 10.9. The number of rotatable bonds is 6. The number of unbranched alkanes of at least 4 members (excludes halogenated alkanes) is 1. The number of carbonyl (C=O) groups excluding carboxylic acids is 1. The number of hydrogen-bond donors (Lipinski definition) is 0. The van der Waals surface area contributed by atoms with Gasteiger partial charge in [-0.1, -0.05) is 13.3 Å². The van der Waals surface area contributed by atoms with Gasteiger partial charge in [-0.3, -0.25) is 14.9 Å². The van der Waals surface area contributed by atoms with Gasteiger partial charge < -0.3 is 4.74 Å². The summed E-state index contributed by atoms with van der Waals surface area (Å²) in [6, 6.07) is 3.82. The molecule has 5 nitrogen and oxygen atoms in total. The van der Waals surface area contributed by atoms with Gasteiger partial charge in [-0.15, -0.1) is 0 Å². The second-order valence-electron chi connectivity index (χ2n) is 3.42. The fourth-order valence-corrected chi connectivity index (χ4v) is 1.35. The van der Waals surface area contributed by atoms with E-state index in [1.807, 2.05) is 6.92 Å². The topological polar surface area (TPSA) is 69.4 Å². The molecule has 0 spiro atoms. The van der Waals surface area contributed by atoms with Crippen molar-refractivity contribution in [3.8, 4) is 5.75 Å². The number of carbonyl (C=O) groups is 1. The Hall–Kier alpha value is -1.62.